The van der Waals surface area contributed by atoms with Crippen LogP contribution >= 0.6 is 11.3 Å². The second kappa shape index (κ2) is 4.80. The van der Waals surface area contributed by atoms with Crippen LogP contribution in [0.1, 0.15) is 32.1 Å². The fraction of sp³-hybridized carbons (Fsp3) is 0.500. The Hall–Kier alpha value is -1.47. The molecule has 0 unspecified atom stereocenters. The van der Waals surface area contributed by atoms with Crippen LogP contribution in [0.2, 0.25) is 0 Å². The molecule has 7 heteroatoms. The Morgan fingerprint density at radius 1 is 1.59 bits per heavy atom. The first-order valence-electron chi connectivity index (χ1n) is 5.30. The van der Waals surface area contributed by atoms with Crippen molar-refractivity contribution in [3.8, 4) is 0 Å². The number of carbonyl (C=O) groups excluding carboxylic acids is 2. The van der Waals surface area contributed by atoms with Gasteiger partial charge in [-0.05, 0) is 6.42 Å². The van der Waals surface area contributed by atoms with Gasteiger partial charge >= 0.3 is 0 Å². The van der Waals surface area contributed by atoms with E-state index in [0.717, 1.165) is 4.88 Å². The Morgan fingerprint density at radius 2 is 2.29 bits per heavy atom. The molecule has 1 aliphatic heterocycles. The molecule has 6 nitrogen and oxygen atoms in total. The lowest BCUT2D eigenvalue weighted by molar-refractivity contribution is -0.00346. The summed E-state index contributed by atoms with van der Waals surface area (Å²) in [5.41, 5.74) is 5.40. The minimum atomic E-state index is -0.593. The molecule has 2 amide bonds. The summed E-state index contributed by atoms with van der Waals surface area (Å²) >= 11 is 1.21. The van der Waals surface area contributed by atoms with E-state index >= 15 is 0 Å². The fourth-order valence-electron chi connectivity index (χ4n) is 1.45. The maximum atomic E-state index is 11.8. The molecular weight excluding hydrogens is 242 g/mol. The molecular formula is C10H13N3O3S. The van der Waals surface area contributed by atoms with Gasteiger partial charge in [-0.1, -0.05) is 6.92 Å². The number of primary amides is 1. The smallest absolute Gasteiger partial charge is 0.280 e. The van der Waals surface area contributed by atoms with Gasteiger partial charge in [0.05, 0.1) is 19.3 Å². The molecule has 0 radical (unpaired) electrons. The topological polar surface area (TPSA) is 94.3 Å². The molecule has 1 aromatic heterocycles. The SMILES string of the molecule is CCc1sc(C(=O)NC2COC2)nc1C(N)=O. The average molecular weight is 255 g/mol. The molecule has 0 atom stereocenters. The standard InChI is InChI=1S/C10H13N3O3S/c1-2-6-7(8(11)14)13-10(17-6)9(15)12-5-3-16-4-5/h5H,2-4H2,1H3,(H2,11,14)(H,12,15). The van der Waals surface area contributed by atoms with Gasteiger partial charge in [0.2, 0.25) is 0 Å². The third-order valence-electron chi connectivity index (χ3n) is 2.42. The summed E-state index contributed by atoms with van der Waals surface area (Å²) in [4.78, 5) is 27.6. The summed E-state index contributed by atoms with van der Waals surface area (Å²) < 4.78 is 4.95. The molecule has 1 aliphatic rings. The van der Waals surface area contributed by atoms with Gasteiger partial charge in [-0.2, -0.15) is 0 Å². The summed E-state index contributed by atoms with van der Waals surface area (Å²) in [5.74, 6) is -0.866. The van der Waals surface area contributed by atoms with Crippen LogP contribution in [0.3, 0.4) is 0 Å². The van der Waals surface area contributed by atoms with E-state index < -0.39 is 5.91 Å². The van der Waals surface area contributed by atoms with Crippen molar-refractivity contribution in [2.45, 2.75) is 19.4 Å². The number of hydrogen-bond donors (Lipinski definition) is 2. The number of amides is 2. The number of nitrogens with two attached hydrogens (primary N) is 1. The predicted molar refractivity (Wildman–Crippen MR) is 62.1 cm³/mol. The van der Waals surface area contributed by atoms with Crippen molar-refractivity contribution < 1.29 is 14.3 Å². The Balaban J connectivity index is 2.14. The zero-order chi connectivity index (χ0) is 12.4. The molecule has 1 saturated heterocycles. The normalized spacial score (nSPS) is 15.4. The van der Waals surface area contributed by atoms with Crippen molar-refractivity contribution >= 4 is 23.2 Å². The lowest BCUT2D eigenvalue weighted by atomic mass is 10.2. The van der Waals surface area contributed by atoms with Gasteiger partial charge in [-0.25, -0.2) is 4.98 Å². The van der Waals surface area contributed by atoms with E-state index in [0.29, 0.717) is 19.6 Å². The molecule has 2 heterocycles. The number of aryl methyl sites for hydroxylation is 1. The number of rotatable bonds is 4. The van der Waals surface area contributed by atoms with Crippen LogP contribution in [0.4, 0.5) is 0 Å². The van der Waals surface area contributed by atoms with Crippen molar-refractivity contribution in [1.29, 1.82) is 0 Å². The summed E-state index contributed by atoms with van der Waals surface area (Å²) in [6.07, 6.45) is 0.635. The third kappa shape index (κ3) is 2.45. The van der Waals surface area contributed by atoms with Crippen LogP contribution in [0, 0.1) is 0 Å². The number of nitrogens with one attached hydrogen (secondary N) is 1. The van der Waals surface area contributed by atoms with Gasteiger partial charge in [0.15, 0.2) is 5.01 Å². The molecule has 3 N–H and O–H groups in total. The van der Waals surface area contributed by atoms with Gasteiger partial charge in [0.25, 0.3) is 11.8 Å². The molecule has 0 saturated carbocycles. The Labute approximate surface area is 102 Å². The van der Waals surface area contributed by atoms with E-state index in [1.54, 1.807) is 0 Å². The lowest BCUT2D eigenvalue weighted by Crippen LogP contribution is -2.48. The second-order valence-electron chi connectivity index (χ2n) is 3.72. The average Bonchev–Trinajstić information content (AvgIpc) is 2.67. The Bertz CT molecular complexity index is 454. The molecule has 1 fully saturated rings. The van der Waals surface area contributed by atoms with E-state index in [1.807, 2.05) is 6.92 Å². The van der Waals surface area contributed by atoms with Gasteiger partial charge in [-0.3, -0.25) is 9.59 Å². The zero-order valence-corrected chi connectivity index (χ0v) is 10.2. The van der Waals surface area contributed by atoms with Gasteiger partial charge in [0.1, 0.15) is 5.69 Å². The highest BCUT2D eigenvalue weighted by atomic mass is 32.1. The minimum absolute atomic E-state index is 0.0495. The highest BCUT2D eigenvalue weighted by molar-refractivity contribution is 7.13. The molecule has 0 aromatic carbocycles. The number of hydrogen-bond acceptors (Lipinski definition) is 5. The monoisotopic (exact) mass is 255 g/mol. The molecule has 0 spiro atoms. The Kier molecular flexibility index (Phi) is 3.39. The maximum absolute atomic E-state index is 11.8. The first-order valence-corrected chi connectivity index (χ1v) is 6.11. The minimum Gasteiger partial charge on any atom is -0.377 e. The third-order valence-corrected chi connectivity index (χ3v) is 3.62. The van der Waals surface area contributed by atoms with E-state index in [4.69, 9.17) is 10.5 Å². The molecule has 1 aromatic rings. The van der Waals surface area contributed by atoms with Crippen molar-refractivity contribution in [3.05, 3.63) is 15.6 Å². The van der Waals surface area contributed by atoms with Gasteiger partial charge in [0, 0.05) is 4.88 Å². The lowest BCUT2D eigenvalue weighted by Gasteiger charge is -2.26. The van der Waals surface area contributed by atoms with Gasteiger partial charge < -0.3 is 15.8 Å². The first kappa shape index (κ1) is 12.0. The maximum Gasteiger partial charge on any atom is 0.280 e. The summed E-state index contributed by atoms with van der Waals surface area (Å²) in [7, 11) is 0. The van der Waals surface area contributed by atoms with Crippen LogP contribution in [0.25, 0.3) is 0 Å². The highest BCUT2D eigenvalue weighted by Gasteiger charge is 2.24. The van der Waals surface area contributed by atoms with Crippen LogP contribution < -0.4 is 11.1 Å². The zero-order valence-electron chi connectivity index (χ0n) is 9.36. The summed E-state index contributed by atoms with van der Waals surface area (Å²) in [5, 5.41) is 3.05. The quantitative estimate of drug-likeness (QED) is 0.787. The van der Waals surface area contributed by atoms with Crippen LogP contribution in [-0.2, 0) is 11.2 Å². The highest BCUT2D eigenvalue weighted by Crippen LogP contribution is 2.19. The van der Waals surface area contributed by atoms with Gasteiger partial charge in [-0.15, -0.1) is 11.3 Å². The molecule has 2 rings (SSSR count). The summed E-state index contributed by atoms with van der Waals surface area (Å²) in [6.45, 7) is 2.95. The van der Waals surface area contributed by atoms with Crippen molar-refractivity contribution in [2.75, 3.05) is 13.2 Å². The Morgan fingerprint density at radius 3 is 2.71 bits per heavy atom. The van der Waals surface area contributed by atoms with Crippen molar-refractivity contribution in [3.63, 3.8) is 0 Å². The van der Waals surface area contributed by atoms with E-state index in [2.05, 4.69) is 10.3 Å². The fourth-order valence-corrected chi connectivity index (χ4v) is 2.36. The van der Waals surface area contributed by atoms with Crippen molar-refractivity contribution in [1.82, 2.24) is 10.3 Å². The van der Waals surface area contributed by atoms with E-state index in [1.165, 1.54) is 11.3 Å². The number of nitrogens with zero attached hydrogens (tertiary/aromatic N) is 1. The largest absolute Gasteiger partial charge is 0.377 e. The summed E-state index contributed by atoms with van der Waals surface area (Å²) in [6, 6.07) is 0.0495. The first-order chi connectivity index (χ1) is 8.11. The number of thiazole rings is 1. The predicted octanol–water partition coefficient (Wildman–Crippen LogP) is -0.0670. The van der Waals surface area contributed by atoms with Crippen LogP contribution in [0.5, 0.6) is 0 Å². The molecule has 17 heavy (non-hydrogen) atoms. The molecule has 0 bridgehead atoms. The van der Waals surface area contributed by atoms with E-state index in [9.17, 15) is 9.59 Å². The van der Waals surface area contributed by atoms with Crippen LogP contribution in [-0.4, -0.2) is 36.1 Å². The number of aromatic nitrogens is 1. The second-order valence-corrected chi connectivity index (χ2v) is 4.80. The van der Waals surface area contributed by atoms with Crippen molar-refractivity contribution in [2.24, 2.45) is 5.73 Å². The molecule has 0 aliphatic carbocycles. The number of carbonyl (C=O) groups is 2. The van der Waals surface area contributed by atoms with Crippen LogP contribution in [0.15, 0.2) is 0 Å². The van der Waals surface area contributed by atoms with E-state index in [-0.39, 0.29) is 22.7 Å². The number of ether oxygens (including phenoxy) is 1. The molecule has 92 valence electrons.